The van der Waals surface area contributed by atoms with Gasteiger partial charge in [0.25, 0.3) is 0 Å². The number of rotatable bonds is 4. The number of nitrogens with two attached hydrogens (primary N) is 1. The molecule has 0 saturated carbocycles. The van der Waals surface area contributed by atoms with E-state index in [-0.39, 0.29) is 23.6 Å². The number of ether oxygens (including phenoxy) is 1. The van der Waals surface area contributed by atoms with Crippen LogP contribution in [0.1, 0.15) is 22.3 Å². The van der Waals surface area contributed by atoms with Gasteiger partial charge in [0.1, 0.15) is 0 Å². The van der Waals surface area contributed by atoms with E-state index in [1.165, 1.54) is 19.2 Å². The Bertz CT molecular complexity index is 414. The second kappa shape index (κ2) is 5.16. The van der Waals surface area contributed by atoms with Crippen molar-refractivity contribution in [1.29, 1.82) is 0 Å². The molecule has 3 N–H and O–H groups in total. The maximum atomic E-state index is 10.9. The van der Waals surface area contributed by atoms with Gasteiger partial charge in [0.05, 0.1) is 12.7 Å². The zero-order valence-corrected chi connectivity index (χ0v) is 8.90. The van der Waals surface area contributed by atoms with Gasteiger partial charge < -0.3 is 15.6 Å². The first-order valence-electron chi connectivity index (χ1n) is 4.73. The van der Waals surface area contributed by atoms with E-state index in [1.54, 1.807) is 6.07 Å². The third kappa shape index (κ3) is 2.98. The fourth-order valence-corrected chi connectivity index (χ4v) is 1.29. The van der Waals surface area contributed by atoms with Crippen molar-refractivity contribution < 1.29 is 19.4 Å². The molecule has 5 heteroatoms. The van der Waals surface area contributed by atoms with Crippen molar-refractivity contribution in [3.63, 3.8) is 0 Å². The Balaban J connectivity index is 2.79. The monoisotopic (exact) mass is 223 g/mol. The Hall–Kier alpha value is -2.04. The third-order valence-electron chi connectivity index (χ3n) is 2.19. The number of benzene rings is 1. The smallest absolute Gasteiger partial charge is 0.337 e. The minimum absolute atomic E-state index is 0.0577. The molecule has 0 aliphatic rings. The van der Waals surface area contributed by atoms with E-state index in [0.717, 1.165) is 5.56 Å². The van der Waals surface area contributed by atoms with Crippen molar-refractivity contribution in [2.24, 2.45) is 0 Å². The predicted octanol–water partition coefficient (Wildman–Crippen LogP) is 1.07. The quantitative estimate of drug-likeness (QED) is 0.588. The molecule has 1 aromatic carbocycles. The van der Waals surface area contributed by atoms with Crippen molar-refractivity contribution in [1.82, 2.24) is 0 Å². The topological polar surface area (TPSA) is 89.6 Å². The highest BCUT2D eigenvalue weighted by molar-refractivity contribution is 5.93. The third-order valence-corrected chi connectivity index (χ3v) is 2.19. The lowest BCUT2D eigenvalue weighted by molar-refractivity contribution is -0.140. The number of carboxylic acids is 1. The van der Waals surface area contributed by atoms with E-state index in [4.69, 9.17) is 10.8 Å². The maximum Gasteiger partial charge on any atom is 0.337 e. The summed E-state index contributed by atoms with van der Waals surface area (Å²) in [7, 11) is 1.31. The highest BCUT2D eigenvalue weighted by Gasteiger charge is 2.09. The van der Waals surface area contributed by atoms with Gasteiger partial charge in [-0.25, -0.2) is 4.79 Å². The summed E-state index contributed by atoms with van der Waals surface area (Å²) < 4.78 is 4.49. The Kier molecular flexibility index (Phi) is 3.88. The molecular formula is C11H13NO4. The van der Waals surface area contributed by atoms with Crippen LogP contribution in [0.3, 0.4) is 0 Å². The average Bonchev–Trinajstić information content (AvgIpc) is 2.27. The molecule has 1 aromatic rings. The summed E-state index contributed by atoms with van der Waals surface area (Å²) in [6, 6.07) is 4.70. The van der Waals surface area contributed by atoms with E-state index in [9.17, 15) is 9.59 Å². The molecule has 86 valence electrons. The second-order valence-corrected chi connectivity index (χ2v) is 3.30. The van der Waals surface area contributed by atoms with E-state index in [0.29, 0.717) is 6.42 Å². The van der Waals surface area contributed by atoms with Crippen LogP contribution in [0, 0.1) is 0 Å². The Morgan fingerprint density at radius 3 is 2.69 bits per heavy atom. The lowest BCUT2D eigenvalue weighted by Gasteiger charge is -2.04. The van der Waals surface area contributed by atoms with Crippen molar-refractivity contribution in [2.45, 2.75) is 12.8 Å². The van der Waals surface area contributed by atoms with Crippen molar-refractivity contribution in [3.05, 3.63) is 29.3 Å². The molecular weight excluding hydrogens is 210 g/mol. The number of nitrogen functional groups attached to an aromatic ring is 1. The summed E-state index contributed by atoms with van der Waals surface area (Å²) in [5.74, 6) is -1.40. The minimum Gasteiger partial charge on any atom is -0.478 e. The van der Waals surface area contributed by atoms with Gasteiger partial charge >= 0.3 is 11.9 Å². The van der Waals surface area contributed by atoms with Gasteiger partial charge in [-0.2, -0.15) is 0 Å². The van der Waals surface area contributed by atoms with Crippen LogP contribution in [0.5, 0.6) is 0 Å². The summed E-state index contributed by atoms with van der Waals surface area (Å²) in [5.41, 5.74) is 6.52. The minimum atomic E-state index is -1.07. The van der Waals surface area contributed by atoms with Gasteiger partial charge in [0, 0.05) is 12.1 Å². The molecule has 16 heavy (non-hydrogen) atoms. The van der Waals surface area contributed by atoms with E-state index in [2.05, 4.69) is 4.74 Å². The number of carbonyl (C=O) groups excluding carboxylic acids is 1. The molecule has 5 nitrogen and oxygen atoms in total. The molecule has 0 amide bonds. The Morgan fingerprint density at radius 2 is 2.12 bits per heavy atom. The summed E-state index contributed by atoms with van der Waals surface area (Å²) in [6.07, 6.45) is 0.659. The average molecular weight is 223 g/mol. The van der Waals surface area contributed by atoms with Crippen molar-refractivity contribution in [3.8, 4) is 0 Å². The van der Waals surface area contributed by atoms with E-state index < -0.39 is 5.97 Å². The number of aryl methyl sites for hydroxylation is 1. The molecule has 0 aliphatic heterocycles. The Labute approximate surface area is 92.8 Å². The van der Waals surface area contributed by atoms with Crippen LogP contribution in [-0.4, -0.2) is 24.2 Å². The lowest BCUT2D eigenvalue weighted by atomic mass is 10.0. The Morgan fingerprint density at radius 1 is 1.44 bits per heavy atom. The fourth-order valence-electron chi connectivity index (χ4n) is 1.29. The van der Waals surface area contributed by atoms with Crippen LogP contribution in [0.2, 0.25) is 0 Å². The van der Waals surface area contributed by atoms with Crippen LogP contribution in [0.15, 0.2) is 18.2 Å². The van der Waals surface area contributed by atoms with Crippen LogP contribution in [-0.2, 0) is 16.0 Å². The highest BCUT2D eigenvalue weighted by Crippen LogP contribution is 2.15. The van der Waals surface area contributed by atoms with Crippen molar-refractivity contribution in [2.75, 3.05) is 12.8 Å². The predicted molar refractivity (Wildman–Crippen MR) is 58.2 cm³/mol. The zero-order valence-electron chi connectivity index (χ0n) is 8.90. The largest absolute Gasteiger partial charge is 0.478 e. The van der Waals surface area contributed by atoms with Gasteiger partial charge in [0.2, 0.25) is 0 Å². The highest BCUT2D eigenvalue weighted by atomic mass is 16.5. The van der Waals surface area contributed by atoms with Crippen LogP contribution < -0.4 is 5.73 Å². The van der Waals surface area contributed by atoms with Crippen LogP contribution in [0.25, 0.3) is 0 Å². The SMILES string of the molecule is COC(=O)CCc1ccc(N)c(C(=O)O)c1. The zero-order chi connectivity index (χ0) is 12.1. The number of aromatic carboxylic acids is 1. The number of hydrogen-bond donors (Lipinski definition) is 2. The van der Waals surface area contributed by atoms with Crippen LogP contribution in [0.4, 0.5) is 5.69 Å². The second-order valence-electron chi connectivity index (χ2n) is 3.30. The molecule has 0 aromatic heterocycles. The standard InChI is InChI=1S/C11H13NO4/c1-16-10(13)5-3-7-2-4-9(12)8(6-7)11(14)15/h2,4,6H,3,5,12H2,1H3,(H,14,15). The summed E-state index contributed by atoms with van der Waals surface area (Å²) in [5, 5.41) is 8.84. The number of carboxylic acid groups (broad SMARTS) is 1. The van der Waals surface area contributed by atoms with Gasteiger partial charge in [-0.15, -0.1) is 0 Å². The van der Waals surface area contributed by atoms with Gasteiger partial charge in [-0.3, -0.25) is 4.79 Å². The van der Waals surface area contributed by atoms with Gasteiger partial charge in [0.15, 0.2) is 0 Å². The fraction of sp³-hybridized carbons (Fsp3) is 0.273. The number of anilines is 1. The van der Waals surface area contributed by atoms with Crippen molar-refractivity contribution >= 4 is 17.6 Å². The summed E-state index contributed by atoms with van der Waals surface area (Å²) >= 11 is 0. The molecule has 0 atom stereocenters. The van der Waals surface area contributed by atoms with E-state index >= 15 is 0 Å². The normalized spacial score (nSPS) is 9.81. The molecule has 0 heterocycles. The van der Waals surface area contributed by atoms with Gasteiger partial charge in [-0.1, -0.05) is 6.07 Å². The van der Waals surface area contributed by atoms with Crippen LogP contribution >= 0.6 is 0 Å². The number of hydrogen-bond acceptors (Lipinski definition) is 4. The molecule has 0 fully saturated rings. The molecule has 0 spiro atoms. The number of esters is 1. The lowest BCUT2D eigenvalue weighted by Crippen LogP contribution is -2.05. The van der Waals surface area contributed by atoms with Gasteiger partial charge in [-0.05, 0) is 24.1 Å². The molecule has 1 rings (SSSR count). The summed E-state index contributed by atoms with van der Waals surface area (Å²) in [6.45, 7) is 0. The first-order valence-corrected chi connectivity index (χ1v) is 4.73. The number of methoxy groups -OCH3 is 1. The summed E-state index contributed by atoms with van der Waals surface area (Å²) in [4.78, 5) is 21.7. The molecule has 0 aliphatic carbocycles. The van der Waals surface area contributed by atoms with E-state index in [1.807, 2.05) is 0 Å². The molecule has 0 unspecified atom stereocenters. The maximum absolute atomic E-state index is 10.9. The first kappa shape index (κ1) is 12.0. The number of carbonyl (C=O) groups is 2. The molecule has 0 radical (unpaired) electrons. The first-order chi connectivity index (χ1) is 7.54. The molecule has 0 saturated heterocycles. The molecule has 0 bridgehead atoms.